The second-order valence-electron chi connectivity index (χ2n) is 5.25. The van der Waals surface area contributed by atoms with Gasteiger partial charge in [0.2, 0.25) is 0 Å². The second kappa shape index (κ2) is 8.87. The fourth-order valence-corrected chi connectivity index (χ4v) is 2.61. The van der Waals surface area contributed by atoms with Gasteiger partial charge in [0.1, 0.15) is 11.6 Å². The number of methoxy groups -OCH3 is 2. The van der Waals surface area contributed by atoms with Crippen molar-refractivity contribution in [3.05, 3.63) is 57.6 Å². The molecule has 0 heterocycles. The molecule has 1 amide bonds. The molecule has 2 N–H and O–H groups in total. The molecule has 0 bridgehead atoms. The Balaban J connectivity index is 2.23. The molecule has 7 nitrogen and oxygen atoms in total. The molecule has 0 aliphatic heterocycles. The van der Waals surface area contributed by atoms with Crippen LogP contribution in [0.3, 0.4) is 0 Å². The summed E-state index contributed by atoms with van der Waals surface area (Å²) in [5, 5.41) is 21.7. The van der Waals surface area contributed by atoms with Crippen molar-refractivity contribution in [1.29, 1.82) is 5.26 Å². The van der Waals surface area contributed by atoms with Crippen LogP contribution in [0.15, 0.2) is 46.4 Å². The Morgan fingerprint density at radius 3 is 2.44 bits per heavy atom. The number of halogens is 1. The zero-order valence-corrected chi connectivity index (χ0v) is 16.0. The molecule has 0 radical (unpaired) electrons. The molecule has 0 atom stereocenters. The smallest absolute Gasteiger partial charge is 0.337 e. The standard InChI is InChI=1S/C19H15BrN2O5/c1-26-16-9-11(8-15(20)17(16)23)7-13(10-21)18(24)22-14-5-3-12(4-6-14)19(25)27-2/h3-9,23H,1-2H3,(H,22,24)/b13-7+. The minimum Gasteiger partial charge on any atom is -0.503 e. The molecule has 0 fully saturated rings. The number of phenolic OH excluding ortho intramolecular Hbond substituents is 1. The molecule has 0 unspecified atom stereocenters. The zero-order valence-electron chi connectivity index (χ0n) is 14.4. The Labute approximate surface area is 164 Å². The Kier molecular flexibility index (Phi) is 6.57. The van der Waals surface area contributed by atoms with Crippen LogP contribution in [0.2, 0.25) is 0 Å². The minimum atomic E-state index is -0.619. The average molecular weight is 431 g/mol. The van der Waals surface area contributed by atoms with E-state index in [0.717, 1.165) is 0 Å². The van der Waals surface area contributed by atoms with E-state index in [1.807, 2.05) is 6.07 Å². The fraction of sp³-hybridized carbons (Fsp3) is 0.105. The van der Waals surface area contributed by atoms with Crippen LogP contribution in [0.1, 0.15) is 15.9 Å². The Morgan fingerprint density at radius 1 is 1.22 bits per heavy atom. The van der Waals surface area contributed by atoms with Gasteiger partial charge in [-0.25, -0.2) is 4.79 Å². The molecular weight excluding hydrogens is 416 g/mol. The van der Waals surface area contributed by atoms with E-state index >= 15 is 0 Å². The summed E-state index contributed by atoms with van der Waals surface area (Å²) in [6, 6.07) is 10.9. The van der Waals surface area contributed by atoms with Gasteiger partial charge in [0.25, 0.3) is 5.91 Å². The van der Waals surface area contributed by atoms with Gasteiger partial charge < -0.3 is 19.9 Å². The summed E-state index contributed by atoms with van der Waals surface area (Å²) >= 11 is 3.18. The first-order chi connectivity index (χ1) is 12.9. The van der Waals surface area contributed by atoms with Crippen molar-refractivity contribution in [1.82, 2.24) is 0 Å². The third kappa shape index (κ3) is 4.86. The Hall–Kier alpha value is -3.31. The third-order valence-corrected chi connectivity index (χ3v) is 4.12. The molecule has 0 aliphatic carbocycles. The first-order valence-corrected chi connectivity index (χ1v) is 8.37. The monoisotopic (exact) mass is 430 g/mol. The number of hydrogen-bond donors (Lipinski definition) is 2. The highest BCUT2D eigenvalue weighted by atomic mass is 79.9. The van der Waals surface area contributed by atoms with Crippen LogP contribution in [0.5, 0.6) is 11.5 Å². The number of carbonyl (C=O) groups excluding carboxylic acids is 2. The molecule has 0 saturated carbocycles. The Bertz CT molecular complexity index is 946. The van der Waals surface area contributed by atoms with E-state index in [1.54, 1.807) is 6.07 Å². The number of esters is 1. The predicted molar refractivity (Wildman–Crippen MR) is 102 cm³/mol. The normalized spacial score (nSPS) is 10.7. The van der Waals surface area contributed by atoms with Gasteiger partial charge in [0, 0.05) is 5.69 Å². The van der Waals surface area contributed by atoms with Crippen molar-refractivity contribution in [3.8, 4) is 17.6 Å². The van der Waals surface area contributed by atoms with Gasteiger partial charge in [0.05, 0.1) is 24.3 Å². The molecule has 8 heteroatoms. The zero-order chi connectivity index (χ0) is 20.0. The number of phenols is 1. The molecule has 0 aromatic heterocycles. The van der Waals surface area contributed by atoms with E-state index in [-0.39, 0.29) is 17.1 Å². The molecule has 2 aromatic rings. The summed E-state index contributed by atoms with van der Waals surface area (Å²) < 4.78 is 10.0. The lowest BCUT2D eigenvalue weighted by Gasteiger charge is -2.08. The maximum atomic E-state index is 12.3. The van der Waals surface area contributed by atoms with Gasteiger partial charge in [-0.1, -0.05) is 0 Å². The van der Waals surface area contributed by atoms with Crippen molar-refractivity contribution in [2.45, 2.75) is 0 Å². The van der Waals surface area contributed by atoms with Gasteiger partial charge >= 0.3 is 5.97 Å². The number of aromatic hydroxyl groups is 1. The van der Waals surface area contributed by atoms with E-state index in [4.69, 9.17) is 4.74 Å². The summed E-state index contributed by atoms with van der Waals surface area (Å²) in [4.78, 5) is 23.8. The van der Waals surface area contributed by atoms with Gasteiger partial charge in [-0.2, -0.15) is 5.26 Å². The van der Waals surface area contributed by atoms with Crippen LogP contribution < -0.4 is 10.1 Å². The number of ether oxygens (including phenoxy) is 2. The van der Waals surface area contributed by atoms with Crippen LogP contribution >= 0.6 is 15.9 Å². The minimum absolute atomic E-state index is 0.0803. The highest BCUT2D eigenvalue weighted by Gasteiger charge is 2.13. The quantitative estimate of drug-likeness (QED) is 0.426. The Morgan fingerprint density at radius 2 is 1.89 bits per heavy atom. The molecule has 0 aliphatic rings. The second-order valence-corrected chi connectivity index (χ2v) is 6.10. The third-order valence-electron chi connectivity index (χ3n) is 3.51. The lowest BCUT2D eigenvalue weighted by atomic mass is 10.1. The number of anilines is 1. The summed E-state index contributed by atoms with van der Waals surface area (Å²) in [5.74, 6) is -0.987. The summed E-state index contributed by atoms with van der Waals surface area (Å²) in [6.45, 7) is 0. The number of amides is 1. The first kappa shape index (κ1) is 20.0. The van der Waals surface area contributed by atoms with E-state index in [0.29, 0.717) is 21.3 Å². The molecule has 0 spiro atoms. The predicted octanol–water partition coefficient (Wildman–Crippen LogP) is 3.50. The van der Waals surface area contributed by atoms with Crippen molar-refractivity contribution >= 4 is 39.6 Å². The highest BCUT2D eigenvalue weighted by molar-refractivity contribution is 9.10. The summed E-state index contributed by atoms with van der Waals surface area (Å²) in [5.41, 5.74) is 1.10. The largest absolute Gasteiger partial charge is 0.503 e. The van der Waals surface area contributed by atoms with Crippen molar-refractivity contribution in [3.63, 3.8) is 0 Å². The van der Waals surface area contributed by atoms with Gasteiger partial charge in [-0.3, -0.25) is 4.79 Å². The first-order valence-electron chi connectivity index (χ1n) is 7.57. The van der Waals surface area contributed by atoms with Crippen molar-refractivity contribution < 1.29 is 24.2 Å². The van der Waals surface area contributed by atoms with Gasteiger partial charge in [-0.15, -0.1) is 0 Å². The number of rotatable bonds is 5. The highest BCUT2D eigenvalue weighted by Crippen LogP contribution is 2.35. The van der Waals surface area contributed by atoms with Crippen LogP contribution in [-0.4, -0.2) is 31.2 Å². The van der Waals surface area contributed by atoms with Crippen molar-refractivity contribution in [2.75, 3.05) is 19.5 Å². The molecule has 0 saturated heterocycles. The van der Waals surface area contributed by atoms with Crippen LogP contribution in [0.4, 0.5) is 5.69 Å². The van der Waals surface area contributed by atoms with E-state index < -0.39 is 11.9 Å². The summed E-state index contributed by atoms with van der Waals surface area (Å²) in [6.07, 6.45) is 1.37. The van der Waals surface area contributed by atoms with Crippen LogP contribution in [-0.2, 0) is 9.53 Å². The number of nitrogens with one attached hydrogen (secondary N) is 1. The van der Waals surface area contributed by atoms with Gasteiger partial charge in [0.15, 0.2) is 11.5 Å². The van der Waals surface area contributed by atoms with E-state index in [1.165, 1.54) is 50.6 Å². The number of nitrogens with zero attached hydrogens (tertiary/aromatic N) is 1. The lowest BCUT2D eigenvalue weighted by Crippen LogP contribution is -2.13. The number of nitriles is 1. The maximum Gasteiger partial charge on any atom is 0.337 e. The van der Waals surface area contributed by atoms with Crippen LogP contribution in [0, 0.1) is 11.3 Å². The molecule has 27 heavy (non-hydrogen) atoms. The SMILES string of the molecule is COC(=O)c1ccc(NC(=O)/C(C#N)=C/c2cc(Br)c(O)c(OC)c2)cc1. The average Bonchev–Trinajstić information content (AvgIpc) is 2.68. The lowest BCUT2D eigenvalue weighted by molar-refractivity contribution is -0.112. The molecule has 2 rings (SSSR count). The number of hydrogen-bond acceptors (Lipinski definition) is 6. The van der Waals surface area contributed by atoms with Crippen LogP contribution in [0.25, 0.3) is 6.08 Å². The number of benzene rings is 2. The fourth-order valence-electron chi connectivity index (χ4n) is 2.15. The van der Waals surface area contributed by atoms with Gasteiger partial charge in [-0.05, 0) is 64.0 Å². The molecule has 138 valence electrons. The van der Waals surface area contributed by atoms with E-state index in [2.05, 4.69) is 26.0 Å². The molecule has 2 aromatic carbocycles. The topological polar surface area (TPSA) is 109 Å². The van der Waals surface area contributed by atoms with E-state index in [9.17, 15) is 20.0 Å². The number of carbonyl (C=O) groups is 2. The summed E-state index contributed by atoms with van der Waals surface area (Å²) in [7, 11) is 2.67. The van der Waals surface area contributed by atoms with Crippen molar-refractivity contribution in [2.24, 2.45) is 0 Å². The molecular formula is C19H15BrN2O5. The maximum absolute atomic E-state index is 12.3.